The minimum atomic E-state index is -3.84. The Kier molecular flexibility index (Phi) is 7.63. The van der Waals surface area contributed by atoms with E-state index in [1.54, 1.807) is 12.1 Å². The van der Waals surface area contributed by atoms with E-state index in [1.807, 2.05) is 19.9 Å². The summed E-state index contributed by atoms with van der Waals surface area (Å²) in [7, 11) is -1.46. The lowest BCUT2D eigenvalue weighted by Crippen LogP contribution is -2.45. The van der Waals surface area contributed by atoms with Gasteiger partial charge in [-0.15, -0.1) is 0 Å². The lowest BCUT2D eigenvalue weighted by Gasteiger charge is -2.29. The minimum absolute atomic E-state index is 0.00184. The Morgan fingerprint density at radius 1 is 0.938 bits per heavy atom. The molecule has 0 radical (unpaired) electrons. The number of aryl methyl sites for hydroxylation is 2. The van der Waals surface area contributed by atoms with Gasteiger partial charge in [0.15, 0.2) is 0 Å². The van der Waals surface area contributed by atoms with Gasteiger partial charge in [0.1, 0.15) is 6.04 Å². The van der Waals surface area contributed by atoms with Crippen molar-refractivity contribution < 1.29 is 32.3 Å². The molecule has 2 aromatic rings. The van der Waals surface area contributed by atoms with Crippen LogP contribution in [0.2, 0.25) is 0 Å². The molecule has 0 aliphatic rings. The third-order valence-electron chi connectivity index (χ3n) is 4.65. The van der Waals surface area contributed by atoms with Gasteiger partial charge in [-0.25, -0.2) is 18.0 Å². The molecule has 0 unspecified atom stereocenters. The summed E-state index contributed by atoms with van der Waals surface area (Å²) >= 11 is 0. The Morgan fingerprint density at radius 3 is 2.00 bits per heavy atom. The molecular weight excluding hydrogens is 436 g/mol. The number of ether oxygens (including phenoxy) is 2. The fraction of sp³-hybridized carbons (Fsp3) is 0.318. The van der Waals surface area contributed by atoms with Gasteiger partial charge in [-0.05, 0) is 62.2 Å². The zero-order chi connectivity index (χ0) is 24.2. The van der Waals surface area contributed by atoms with Crippen LogP contribution in [0.25, 0.3) is 0 Å². The van der Waals surface area contributed by atoms with Gasteiger partial charge < -0.3 is 14.8 Å². The van der Waals surface area contributed by atoms with Crippen LogP contribution in [0.4, 0.5) is 11.4 Å². The highest BCUT2D eigenvalue weighted by Crippen LogP contribution is 2.25. The van der Waals surface area contributed by atoms with E-state index in [-0.39, 0.29) is 16.8 Å². The Balaban J connectivity index is 2.49. The van der Waals surface area contributed by atoms with Crippen molar-refractivity contribution in [3.63, 3.8) is 0 Å². The van der Waals surface area contributed by atoms with Crippen molar-refractivity contribution in [1.82, 2.24) is 0 Å². The molecule has 32 heavy (non-hydrogen) atoms. The summed E-state index contributed by atoms with van der Waals surface area (Å²) in [5.41, 5.74) is 2.09. The fourth-order valence-electron chi connectivity index (χ4n) is 3.30. The molecule has 0 fully saturated rings. The van der Waals surface area contributed by atoms with Crippen molar-refractivity contribution in [2.24, 2.45) is 0 Å². The van der Waals surface area contributed by atoms with Crippen molar-refractivity contribution in [2.45, 2.75) is 26.8 Å². The number of sulfonamides is 1. The van der Waals surface area contributed by atoms with Crippen molar-refractivity contribution in [1.29, 1.82) is 0 Å². The molecule has 2 rings (SSSR count). The zero-order valence-electron chi connectivity index (χ0n) is 18.8. The van der Waals surface area contributed by atoms with Crippen LogP contribution in [-0.4, -0.2) is 52.8 Å². The monoisotopic (exact) mass is 462 g/mol. The molecule has 2 aromatic carbocycles. The van der Waals surface area contributed by atoms with Crippen molar-refractivity contribution in [2.75, 3.05) is 30.1 Å². The number of anilines is 2. The highest BCUT2D eigenvalue weighted by Gasteiger charge is 2.30. The topological polar surface area (TPSA) is 119 Å². The van der Waals surface area contributed by atoms with Crippen LogP contribution in [-0.2, 0) is 24.3 Å². The number of benzene rings is 2. The van der Waals surface area contributed by atoms with Crippen LogP contribution in [0, 0.1) is 13.8 Å². The van der Waals surface area contributed by atoms with E-state index in [0.29, 0.717) is 5.69 Å². The summed E-state index contributed by atoms with van der Waals surface area (Å²) in [5.74, 6) is -2.11. The van der Waals surface area contributed by atoms with Gasteiger partial charge >= 0.3 is 11.9 Å². The molecule has 9 nitrogen and oxygen atoms in total. The number of carbonyl (C=O) groups excluding carboxylic acids is 3. The fourth-order valence-corrected chi connectivity index (χ4v) is 4.46. The number of hydrogen-bond donors (Lipinski definition) is 1. The predicted octanol–water partition coefficient (Wildman–Crippen LogP) is 2.67. The van der Waals surface area contributed by atoms with Crippen LogP contribution in [0.15, 0.2) is 36.4 Å². The molecular formula is C22H26N2O7S. The van der Waals surface area contributed by atoms with Crippen molar-refractivity contribution in [3.8, 4) is 0 Å². The maximum Gasteiger partial charge on any atom is 0.339 e. The Labute approximate surface area is 187 Å². The van der Waals surface area contributed by atoms with Gasteiger partial charge in [0.25, 0.3) is 0 Å². The lowest BCUT2D eigenvalue weighted by molar-refractivity contribution is -0.116. The van der Waals surface area contributed by atoms with Crippen LogP contribution >= 0.6 is 0 Å². The highest BCUT2D eigenvalue weighted by molar-refractivity contribution is 7.92. The molecule has 10 heteroatoms. The normalized spacial score (nSPS) is 11.9. The van der Waals surface area contributed by atoms with Crippen molar-refractivity contribution >= 4 is 39.2 Å². The summed E-state index contributed by atoms with van der Waals surface area (Å²) in [4.78, 5) is 37.1. The van der Waals surface area contributed by atoms with Crippen molar-refractivity contribution in [3.05, 3.63) is 58.7 Å². The second kappa shape index (κ2) is 9.82. The van der Waals surface area contributed by atoms with E-state index in [0.717, 1.165) is 21.7 Å². The summed E-state index contributed by atoms with van der Waals surface area (Å²) in [6, 6.07) is 7.98. The number of rotatable bonds is 7. The standard InChI is InChI=1S/C22H26N2O7S/c1-13-9-14(2)11-17(10-13)24(32(6,28)29)15(3)20(25)23-19-12-16(21(26)30-4)7-8-18(19)22(27)31-5/h7-12,15H,1-6H3,(H,23,25)/t15-/m0/s1. The molecule has 1 atom stereocenters. The minimum Gasteiger partial charge on any atom is -0.465 e. The van der Waals surface area contributed by atoms with E-state index >= 15 is 0 Å². The Hall–Kier alpha value is -3.40. The van der Waals surface area contributed by atoms with E-state index in [2.05, 4.69) is 10.1 Å². The molecule has 1 N–H and O–H groups in total. The second-order valence-corrected chi connectivity index (χ2v) is 9.17. The van der Waals surface area contributed by atoms with E-state index < -0.39 is 33.9 Å². The van der Waals surface area contributed by atoms with Gasteiger partial charge in [-0.3, -0.25) is 9.10 Å². The largest absolute Gasteiger partial charge is 0.465 e. The molecule has 0 saturated carbocycles. The Morgan fingerprint density at radius 2 is 1.50 bits per heavy atom. The number of hydrogen-bond acceptors (Lipinski definition) is 7. The van der Waals surface area contributed by atoms with Gasteiger partial charge in [0.2, 0.25) is 15.9 Å². The first-order valence-electron chi connectivity index (χ1n) is 9.58. The molecule has 1 amide bonds. The quantitative estimate of drug-likeness (QED) is 0.628. The zero-order valence-corrected chi connectivity index (χ0v) is 19.6. The number of nitrogens with zero attached hydrogens (tertiary/aromatic N) is 1. The molecule has 0 spiro atoms. The molecule has 0 aliphatic heterocycles. The molecule has 0 aliphatic carbocycles. The molecule has 0 saturated heterocycles. The van der Waals surface area contributed by atoms with Gasteiger partial charge in [0.05, 0.1) is 43.0 Å². The van der Waals surface area contributed by atoms with Crippen LogP contribution in [0.3, 0.4) is 0 Å². The summed E-state index contributed by atoms with van der Waals surface area (Å²) < 4.78 is 35.5. The molecule has 0 bridgehead atoms. The smallest absolute Gasteiger partial charge is 0.339 e. The number of esters is 2. The first-order valence-corrected chi connectivity index (χ1v) is 11.4. The molecule has 0 heterocycles. The molecule has 0 aromatic heterocycles. The maximum atomic E-state index is 13.1. The van der Waals surface area contributed by atoms with Gasteiger partial charge in [-0.2, -0.15) is 0 Å². The highest BCUT2D eigenvalue weighted by atomic mass is 32.2. The third-order valence-corrected chi connectivity index (χ3v) is 5.89. The van der Waals surface area contributed by atoms with E-state index in [4.69, 9.17) is 4.74 Å². The SMILES string of the molecule is COC(=O)c1ccc(C(=O)OC)c(NC(=O)[C@H](C)N(c2cc(C)cc(C)c2)S(C)(=O)=O)c1. The third kappa shape index (κ3) is 5.64. The summed E-state index contributed by atoms with van der Waals surface area (Å²) in [6.45, 7) is 5.07. The van der Waals surface area contributed by atoms with Gasteiger partial charge in [0, 0.05) is 0 Å². The first-order chi connectivity index (χ1) is 14.9. The van der Waals surface area contributed by atoms with Crippen LogP contribution in [0.5, 0.6) is 0 Å². The number of nitrogens with one attached hydrogen (secondary N) is 1. The number of methoxy groups -OCH3 is 2. The average Bonchev–Trinajstić information content (AvgIpc) is 2.70. The summed E-state index contributed by atoms with van der Waals surface area (Å²) in [6.07, 6.45) is 1.01. The van der Waals surface area contributed by atoms with Crippen LogP contribution < -0.4 is 9.62 Å². The maximum absolute atomic E-state index is 13.1. The van der Waals surface area contributed by atoms with Gasteiger partial charge in [-0.1, -0.05) is 6.07 Å². The van der Waals surface area contributed by atoms with Crippen LogP contribution in [0.1, 0.15) is 38.8 Å². The summed E-state index contributed by atoms with van der Waals surface area (Å²) in [5, 5.41) is 2.54. The lowest BCUT2D eigenvalue weighted by atomic mass is 10.1. The Bertz CT molecular complexity index is 1140. The van der Waals surface area contributed by atoms with E-state index in [9.17, 15) is 22.8 Å². The second-order valence-electron chi connectivity index (χ2n) is 7.31. The van der Waals surface area contributed by atoms with E-state index in [1.165, 1.54) is 39.3 Å². The average molecular weight is 463 g/mol. The first kappa shape index (κ1) is 24.9. The number of carbonyl (C=O) groups is 3. The molecule has 172 valence electrons. The number of amides is 1. The predicted molar refractivity (Wildman–Crippen MR) is 120 cm³/mol.